The molecule has 4 aromatic carbocycles. The van der Waals surface area contributed by atoms with Crippen molar-refractivity contribution in [2.45, 2.75) is 115 Å². The number of aryl methyl sites for hydroxylation is 1. The number of amides is 2. The number of hydrogen-bond donors (Lipinski definition) is 4. The predicted molar refractivity (Wildman–Crippen MR) is 286 cm³/mol. The molecule has 12 nitrogen and oxygen atoms in total. The van der Waals surface area contributed by atoms with Crippen LogP contribution >= 0.6 is 23.5 Å². The molecule has 0 aromatic heterocycles. The van der Waals surface area contributed by atoms with Crippen LogP contribution in [0, 0.1) is 18.8 Å². The van der Waals surface area contributed by atoms with Crippen LogP contribution in [0.1, 0.15) is 90.3 Å². The number of hydrogen-bond acceptors (Lipinski definition) is 10. The van der Waals surface area contributed by atoms with Crippen molar-refractivity contribution in [2.24, 2.45) is 11.8 Å². The van der Waals surface area contributed by atoms with Gasteiger partial charge in [0.1, 0.15) is 0 Å². The number of anilines is 2. The average Bonchev–Trinajstić information content (AvgIpc) is 3.54. The fourth-order valence-electron chi connectivity index (χ4n) is 10.2. The first-order chi connectivity index (χ1) is 39.1. The summed E-state index contributed by atoms with van der Waals surface area (Å²) in [4.78, 5) is 49.3. The monoisotopic (exact) mass is 1220 g/mol. The van der Waals surface area contributed by atoms with E-state index in [1.54, 1.807) is 36.4 Å². The fraction of sp³-hybridized carbons (Fsp3) is 0.439. The van der Waals surface area contributed by atoms with Crippen LogP contribution in [0.15, 0.2) is 98.5 Å². The number of ether oxygens (including phenoxy) is 2. The molecule has 8 rings (SSSR count). The van der Waals surface area contributed by atoms with Crippen molar-refractivity contribution in [3.05, 3.63) is 118 Å². The number of rotatable bonds is 14. The van der Waals surface area contributed by atoms with Crippen LogP contribution in [0.4, 0.5) is 64.1 Å². The lowest BCUT2D eigenvalue weighted by molar-refractivity contribution is -0.163. The molecule has 4 N–H and O–H groups in total. The van der Waals surface area contributed by atoms with E-state index in [-0.39, 0.29) is 70.3 Å². The summed E-state index contributed by atoms with van der Waals surface area (Å²) in [6.07, 6.45) is -13.7. The maximum atomic E-state index is 14.3. The second kappa shape index (κ2) is 27.6. The number of carbonyl (C=O) groups excluding carboxylic acids is 2. The van der Waals surface area contributed by atoms with Crippen molar-refractivity contribution in [3.63, 3.8) is 0 Å². The lowest BCUT2D eigenvalue weighted by atomic mass is 9.86. The SMILES string of the molecule is Cc1cc(Sc2cccc(NC3CCC(C(=O)O)CC3)c2)c(C(F)(F)F)c(C(F)(F)F)c1/C=C/C(=O)N1CCOCC1.O=C(O)C1CCC(Nc2cccc(Sc3ccc(/C=C/C(=O)N4CCOCC4)c(C(F)(F)F)c3C(F)(F)F)c2)CC1. The minimum atomic E-state index is -5.36. The number of morpholine rings is 2. The van der Waals surface area contributed by atoms with Crippen molar-refractivity contribution >= 4 is 70.8 Å². The molecule has 4 aromatic rings. The van der Waals surface area contributed by atoms with Gasteiger partial charge in [0.25, 0.3) is 0 Å². The predicted octanol–water partition coefficient (Wildman–Crippen LogP) is 13.9. The molecule has 0 atom stereocenters. The molecule has 2 heterocycles. The van der Waals surface area contributed by atoms with Gasteiger partial charge in [-0.3, -0.25) is 19.2 Å². The molecule has 450 valence electrons. The van der Waals surface area contributed by atoms with Gasteiger partial charge in [-0.15, -0.1) is 0 Å². The molecular formula is C57H58F12N4O8S2. The highest BCUT2D eigenvalue weighted by atomic mass is 32.2. The van der Waals surface area contributed by atoms with E-state index >= 15 is 0 Å². The van der Waals surface area contributed by atoms with Gasteiger partial charge in [-0.25, -0.2) is 0 Å². The number of benzene rings is 4. The van der Waals surface area contributed by atoms with Gasteiger partial charge in [0.05, 0.1) is 60.5 Å². The maximum absolute atomic E-state index is 14.3. The minimum absolute atomic E-state index is 0.0281. The normalized spacial score (nSPS) is 20.2. The Hall–Kier alpha value is -6.38. The van der Waals surface area contributed by atoms with E-state index < -0.39 is 103 Å². The highest BCUT2D eigenvalue weighted by molar-refractivity contribution is 7.99. The average molecular weight is 1220 g/mol. The number of nitrogens with one attached hydrogen (secondary N) is 2. The highest BCUT2D eigenvalue weighted by Crippen LogP contribution is 2.51. The molecule has 2 amide bonds. The number of alkyl halides is 12. The molecular weight excluding hydrogens is 1160 g/mol. The molecule has 2 aliphatic heterocycles. The van der Waals surface area contributed by atoms with Gasteiger partial charge in [0.2, 0.25) is 11.8 Å². The van der Waals surface area contributed by atoms with E-state index in [1.807, 2.05) is 0 Å². The number of carboxylic acid groups (broad SMARTS) is 2. The van der Waals surface area contributed by atoms with E-state index in [2.05, 4.69) is 10.6 Å². The van der Waals surface area contributed by atoms with Crippen molar-refractivity contribution in [3.8, 4) is 0 Å². The Morgan fingerprint density at radius 2 is 0.916 bits per heavy atom. The Morgan fingerprint density at radius 1 is 0.518 bits per heavy atom. The summed E-state index contributed by atoms with van der Waals surface area (Å²) in [5, 5.41) is 24.9. The third-order valence-corrected chi connectivity index (χ3v) is 16.4. The van der Waals surface area contributed by atoms with Crippen molar-refractivity contribution in [1.29, 1.82) is 0 Å². The number of carbonyl (C=O) groups is 4. The molecule has 4 aliphatic rings. The Balaban J connectivity index is 0.000000239. The first-order valence-electron chi connectivity index (χ1n) is 26.3. The minimum Gasteiger partial charge on any atom is -0.481 e. The lowest BCUT2D eigenvalue weighted by Crippen LogP contribution is -2.39. The first kappa shape index (κ1) is 64.2. The van der Waals surface area contributed by atoms with Crippen LogP contribution < -0.4 is 10.6 Å². The van der Waals surface area contributed by atoms with Crippen molar-refractivity contribution in [1.82, 2.24) is 9.80 Å². The van der Waals surface area contributed by atoms with Gasteiger partial charge in [0.15, 0.2) is 0 Å². The lowest BCUT2D eigenvalue weighted by Gasteiger charge is -2.27. The molecule has 2 aliphatic carbocycles. The molecule has 26 heteroatoms. The smallest absolute Gasteiger partial charge is 0.418 e. The van der Waals surface area contributed by atoms with Crippen LogP contribution in [0.5, 0.6) is 0 Å². The molecule has 0 unspecified atom stereocenters. The first-order valence-corrected chi connectivity index (χ1v) is 28.0. The molecule has 83 heavy (non-hydrogen) atoms. The van der Waals surface area contributed by atoms with Gasteiger partial charge in [0, 0.05) is 81.4 Å². The van der Waals surface area contributed by atoms with Gasteiger partial charge >= 0.3 is 36.6 Å². The van der Waals surface area contributed by atoms with E-state index in [4.69, 9.17) is 14.6 Å². The third kappa shape index (κ3) is 17.6. The molecule has 2 saturated carbocycles. The summed E-state index contributed by atoms with van der Waals surface area (Å²) in [6.45, 7) is 3.26. The molecule has 0 spiro atoms. The summed E-state index contributed by atoms with van der Waals surface area (Å²) in [7, 11) is 0. The summed E-state index contributed by atoms with van der Waals surface area (Å²) in [5.41, 5.74) is -7.72. The number of halogens is 12. The Morgan fingerprint density at radius 3 is 1.33 bits per heavy atom. The van der Waals surface area contributed by atoms with Gasteiger partial charge in [-0.2, -0.15) is 52.7 Å². The van der Waals surface area contributed by atoms with Gasteiger partial charge in [-0.05, 0) is 136 Å². The van der Waals surface area contributed by atoms with Gasteiger partial charge in [-0.1, -0.05) is 41.7 Å². The number of carboxylic acids is 2. The Kier molecular flexibility index (Phi) is 21.3. The third-order valence-electron chi connectivity index (χ3n) is 14.3. The summed E-state index contributed by atoms with van der Waals surface area (Å²) in [6, 6.07) is 15.6. The zero-order valence-electron chi connectivity index (χ0n) is 44.4. The van der Waals surface area contributed by atoms with Crippen LogP contribution in [-0.2, 0) is 53.4 Å². The number of nitrogens with zero attached hydrogens (tertiary/aromatic N) is 2. The van der Waals surface area contributed by atoms with E-state index in [0.29, 0.717) is 96.1 Å². The van der Waals surface area contributed by atoms with Crippen LogP contribution in [0.2, 0.25) is 0 Å². The summed E-state index contributed by atoms with van der Waals surface area (Å²) < 4.78 is 181. The number of aliphatic carboxylic acids is 2. The van der Waals surface area contributed by atoms with E-state index in [9.17, 15) is 77.0 Å². The standard InChI is InChI=1S/C29H30F6N2O4S.C28H28F6N2O4S/c1-17-15-23(42-21-4-2-3-20(16-21)36-19-7-5-18(6-8-19)27(39)40)26(29(33,34)35)25(28(30,31)32)22(17)9-10-24(38)37-11-13-41-14-12-37;29-27(30,31)24-17(7-11-23(37)36-12-14-40-15-13-36)6-10-22(25(24)28(32,33)34)41-21-3-1-2-20(16-21)35-19-8-4-18(5-9-19)26(38)39/h2-4,9-10,15-16,18-19,36H,5-8,11-14H2,1H3,(H,39,40);1-3,6-7,10-11,16,18-19,35H,4-5,8-9,12-15H2,(H,38,39)/b10-9+;11-7+. The zero-order valence-corrected chi connectivity index (χ0v) is 46.0. The summed E-state index contributed by atoms with van der Waals surface area (Å²) >= 11 is 1.13. The molecule has 0 radical (unpaired) electrons. The van der Waals surface area contributed by atoms with E-state index in [1.165, 1.54) is 28.9 Å². The van der Waals surface area contributed by atoms with Gasteiger partial charge < -0.3 is 40.1 Å². The fourth-order valence-corrected chi connectivity index (χ4v) is 12.4. The van der Waals surface area contributed by atoms with Crippen LogP contribution in [0.25, 0.3) is 12.2 Å². The maximum Gasteiger partial charge on any atom is 0.418 e. The molecule has 2 saturated heterocycles. The zero-order chi connectivity index (χ0) is 60.4. The molecule has 4 fully saturated rings. The van der Waals surface area contributed by atoms with Crippen LogP contribution in [0.3, 0.4) is 0 Å². The second-order valence-electron chi connectivity index (χ2n) is 20.1. The topological polar surface area (TPSA) is 158 Å². The summed E-state index contributed by atoms with van der Waals surface area (Å²) in [5.74, 6) is -3.73. The Bertz CT molecular complexity index is 3010. The highest BCUT2D eigenvalue weighted by Gasteiger charge is 2.48. The Labute approximate surface area is 478 Å². The van der Waals surface area contributed by atoms with Crippen LogP contribution in [-0.4, -0.2) is 108 Å². The van der Waals surface area contributed by atoms with Crippen molar-refractivity contribution < 1.29 is 91.5 Å². The quantitative estimate of drug-likeness (QED) is 0.0701. The van der Waals surface area contributed by atoms with Crippen molar-refractivity contribution in [2.75, 3.05) is 63.2 Å². The second-order valence-corrected chi connectivity index (χ2v) is 22.3. The van der Waals surface area contributed by atoms with E-state index in [0.717, 1.165) is 42.5 Å². The largest absolute Gasteiger partial charge is 0.481 e. The molecule has 0 bridgehead atoms.